The second-order valence-electron chi connectivity index (χ2n) is 4.87. The molecular formula is C17H19NO2. The smallest absolute Gasteiger partial charge is 0.255 e. The number of rotatable bonds is 4. The van der Waals surface area contributed by atoms with E-state index in [1.165, 1.54) is 0 Å². The van der Waals surface area contributed by atoms with E-state index >= 15 is 0 Å². The van der Waals surface area contributed by atoms with Crippen LogP contribution < -0.4 is 5.32 Å². The summed E-state index contributed by atoms with van der Waals surface area (Å²) >= 11 is 0. The van der Waals surface area contributed by atoms with Crippen molar-refractivity contribution < 1.29 is 9.90 Å². The molecule has 3 heteroatoms. The summed E-state index contributed by atoms with van der Waals surface area (Å²) in [6.45, 7) is 4.08. The maximum atomic E-state index is 12.2. The zero-order chi connectivity index (χ0) is 14.5. The molecule has 0 heterocycles. The lowest BCUT2D eigenvalue weighted by molar-refractivity contribution is 0.102. The van der Waals surface area contributed by atoms with Gasteiger partial charge in [0.2, 0.25) is 0 Å². The summed E-state index contributed by atoms with van der Waals surface area (Å²) in [5.41, 5.74) is 4.62. The SMILES string of the molecule is Cc1cccc(C(=O)Nc2ccc(CCO)cc2)c1C. The quantitative estimate of drug-likeness (QED) is 0.896. The van der Waals surface area contributed by atoms with Crippen LogP contribution in [-0.4, -0.2) is 17.6 Å². The summed E-state index contributed by atoms with van der Waals surface area (Å²) in [4.78, 5) is 12.2. The minimum absolute atomic E-state index is 0.0962. The standard InChI is InChI=1S/C17H19NO2/c1-12-4-3-5-16(13(12)2)17(20)18-15-8-6-14(7-9-15)10-11-19/h3-9,19H,10-11H2,1-2H3,(H,18,20). The number of nitrogens with one attached hydrogen (secondary N) is 1. The zero-order valence-electron chi connectivity index (χ0n) is 11.8. The number of carbonyl (C=O) groups excluding carboxylic acids is 1. The second-order valence-corrected chi connectivity index (χ2v) is 4.87. The predicted molar refractivity (Wildman–Crippen MR) is 81.1 cm³/mol. The third-order valence-corrected chi connectivity index (χ3v) is 3.46. The van der Waals surface area contributed by atoms with Gasteiger partial charge in [0.25, 0.3) is 5.91 Å². The van der Waals surface area contributed by atoms with Gasteiger partial charge in [-0.2, -0.15) is 0 Å². The van der Waals surface area contributed by atoms with E-state index < -0.39 is 0 Å². The van der Waals surface area contributed by atoms with Gasteiger partial charge in [-0.25, -0.2) is 0 Å². The first-order chi connectivity index (χ1) is 9.61. The number of aliphatic hydroxyl groups is 1. The molecule has 0 atom stereocenters. The van der Waals surface area contributed by atoms with Crippen LogP contribution in [-0.2, 0) is 6.42 Å². The van der Waals surface area contributed by atoms with Gasteiger partial charge in [-0.1, -0.05) is 24.3 Å². The van der Waals surface area contributed by atoms with E-state index in [4.69, 9.17) is 5.11 Å². The van der Waals surface area contributed by atoms with Crippen molar-refractivity contribution >= 4 is 11.6 Å². The van der Waals surface area contributed by atoms with E-state index in [-0.39, 0.29) is 12.5 Å². The highest BCUT2D eigenvalue weighted by Crippen LogP contribution is 2.16. The van der Waals surface area contributed by atoms with E-state index in [2.05, 4.69) is 5.32 Å². The van der Waals surface area contributed by atoms with E-state index in [1.807, 2.05) is 56.3 Å². The van der Waals surface area contributed by atoms with Crippen molar-refractivity contribution in [1.29, 1.82) is 0 Å². The molecule has 0 unspecified atom stereocenters. The summed E-state index contributed by atoms with van der Waals surface area (Å²) in [6, 6.07) is 13.3. The van der Waals surface area contributed by atoms with Crippen molar-refractivity contribution in [2.24, 2.45) is 0 Å². The van der Waals surface area contributed by atoms with Crippen molar-refractivity contribution in [3.8, 4) is 0 Å². The third kappa shape index (κ3) is 3.25. The summed E-state index contributed by atoms with van der Waals surface area (Å²) < 4.78 is 0. The molecule has 1 amide bonds. The van der Waals surface area contributed by atoms with Crippen molar-refractivity contribution in [3.63, 3.8) is 0 Å². The van der Waals surface area contributed by atoms with Gasteiger partial charge in [-0.3, -0.25) is 4.79 Å². The molecule has 0 aliphatic heterocycles. The van der Waals surface area contributed by atoms with Crippen LogP contribution in [0.3, 0.4) is 0 Å². The van der Waals surface area contributed by atoms with E-state index in [1.54, 1.807) is 0 Å². The molecule has 2 rings (SSSR count). The molecule has 0 bridgehead atoms. The second kappa shape index (κ2) is 6.35. The number of aliphatic hydroxyl groups excluding tert-OH is 1. The van der Waals surface area contributed by atoms with Gasteiger partial charge in [0.05, 0.1) is 0 Å². The van der Waals surface area contributed by atoms with Crippen LogP contribution in [0.4, 0.5) is 5.69 Å². The minimum Gasteiger partial charge on any atom is -0.396 e. The molecule has 3 nitrogen and oxygen atoms in total. The fraction of sp³-hybridized carbons (Fsp3) is 0.235. The molecule has 20 heavy (non-hydrogen) atoms. The minimum atomic E-state index is -0.0962. The molecule has 0 fully saturated rings. The zero-order valence-corrected chi connectivity index (χ0v) is 11.8. The number of carbonyl (C=O) groups is 1. The normalized spacial score (nSPS) is 10.3. The Hall–Kier alpha value is -2.13. The number of amides is 1. The Balaban J connectivity index is 2.13. The molecule has 2 N–H and O–H groups in total. The Morgan fingerprint density at radius 3 is 2.45 bits per heavy atom. The third-order valence-electron chi connectivity index (χ3n) is 3.46. The van der Waals surface area contributed by atoms with Crippen LogP contribution >= 0.6 is 0 Å². The number of aryl methyl sites for hydroxylation is 1. The van der Waals surface area contributed by atoms with Gasteiger partial charge in [-0.05, 0) is 55.2 Å². The Morgan fingerprint density at radius 2 is 1.80 bits per heavy atom. The molecule has 0 aliphatic rings. The van der Waals surface area contributed by atoms with Crippen LogP contribution in [0.15, 0.2) is 42.5 Å². The van der Waals surface area contributed by atoms with Crippen LogP contribution in [0.5, 0.6) is 0 Å². The van der Waals surface area contributed by atoms with Crippen molar-refractivity contribution in [1.82, 2.24) is 0 Å². The van der Waals surface area contributed by atoms with Crippen molar-refractivity contribution in [2.45, 2.75) is 20.3 Å². The Labute approximate surface area is 119 Å². The summed E-state index contributed by atoms with van der Waals surface area (Å²) in [7, 11) is 0. The van der Waals surface area contributed by atoms with Crippen molar-refractivity contribution in [2.75, 3.05) is 11.9 Å². The molecular weight excluding hydrogens is 250 g/mol. The molecule has 2 aromatic rings. The van der Waals surface area contributed by atoms with Gasteiger partial charge in [0.1, 0.15) is 0 Å². The van der Waals surface area contributed by atoms with Crippen LogP contribution in [0, 0.1) is 13.8 Å². The largest absolute Gasteiger partial charge is 0.396 e. The molecule has 0 saturated carbocycles. The van der Waals surface area contributed by atoms with Gasteiger partial charge < -0.3 is 10.4 Å². The molecule has 0 aliphatic carbocycles. The summed E-state index contributed by atoms with van der Waals surface area (Å²) in [6.07, 6.45) is 0.630. The Morgan fingerprint density at radius 1 is 1.10 bits per heavy atom. The monoisotopic (exact) mass is 269 g/mol. The maximum absolute atomic E-state index is 12.2. The first kappa shape index (κ1) is 14.3. The van der Waals surface area contributed by atoms with E-state index in [0.29, 0.717) is 12.0 Å². The van der Waals surface area contributed by atoms with E-state index in [0.717, 1.165) is 22.4 Å². The predicted octanol–water partition coefficient (Wildman–Crippen LogP) is 3.09. The van der Waals surface area contributed by atoms with Crippen molar-refractivity contribution in [3.05, 3.63) is 64.7 Å². The Bertz CT molecular complexity index is 603. The van der Waals surface area contributed by atoms with Gasteiger partial charge in [0, 0.05) is 17.9 Å². The molecule has 0 saturated heterocycles. The lowest BCUT2D eigenvalue weighted by Crippen LogP contribution is -2.13. The Kier molecular flexibility index (Phi) is 4.53. The average molecular weight is 269 g/mol. The van der Waals surface area contributed by atoms with E-state index in [9.17, 15) is 4.79 Å². The summed E-state index contributed by atoms with van der Waals surface area (Å²) in [5, 5.41) is 11.8. The lowest BCUT2D eigenvalue weighted by Gasteiger charge is -2.10. The molecule has 0 aromatic heterocycles. The molecule has 0 radical (unpaired) electrons. The number of benzene rings is 2. The van der Waals surface area contributed by atoms with Gasteiger partial charge in [0.15, 0.2) is 0 Å². The number of hydrogen-bond acceptors (Lipinski definition) is 2. The first-order valence-corrected chi connectivity index (χ1v) is 6.69. The van der Waals surface area contributed by atoms with Crippen LogP contribution in [0.2, 0.25) is 0 Å². The average Bonchev–Trinajstić information content (AvgIpc) is 2.44. The summed E-state index contributed by atoms with van der Waals surface area (Å²) in [5.74, 6) is -0.0962. The highest BCUT2D eigenvalue weighted by Gasteiger charge is 2.10. The highest BCUT2D eigenvalue weighted by atomic mass is 16.2. The van der Waals surface area contributed by atoms with Crippen LogP contribution in [0.25, 0.3) is 0 Å². The first-order valence-electron chi connectivity index (χ1n) is 6.69. The van der Waals surface area contributed by atoms with Gasteiger partial charge >= 0.3 is 0 Å². The fourth-order valence-corrected chi connectivity index (χ4v) is 2.08. The topological polar surface area (TPSA) is 49.3 Å². The lowest BCUT2D eigenvalue weighted by atomic mass is 10.0. The number of hydrogen-bond donors (Lipinski definition) is 2. The number of anilines is 1. The molecule has 104 valence electrons. The van der Waals surface area contributed by atoms with Crippen LogP contribution in [0.1, 0.15) is 27.0 Å². The van der Waals surface area contributed by atoms with Gasteiger partial charge in [-0.15, -0.1) is 0 Å². The molecule has 2 aromatic carbocycles. The fourth-order valence-electron chi connectivity index (χ4n) is 2.08. The molecule has 0 spiro atoms. The highest BCUT2D eigenvalue weighted by molar-refractivity contribution is 6.05. The maximum Gasteiger partial charge on any atom is 0.255 e.